The quantitative estimate of drug-likeness (QED) is 0.845. The van der Waals surface area contributed by atoms with Gasteiger partial charge in [-0.3, -0.25) is 4.79 Å². The molecule has 0 radical (unpaired) electrons. The van der Waals surface area contributed by atoms with Gasteiger partial charge in [0.2, 0.25) is 0 Å². The van der Waals surface area contributed by atoms with E-state index in [1.54, 1.807) is 6.92 Å². The van der Waals surface area contributed by atoms with Crippen LogP contribution in [0.15, 0.2) is 40.7 Å². The topological polar surface area (TPSA) is 55.4 Å². The number of halogens is 2. The van der Waals surface area contributed by atoms with E-state index < -0.39 is 23.5 Å². The molecule has 0 fully saturated rings. The lowest BCUT2D eigenvalue weighted by Crippen LogP contribution is -2.35. The van der Waals surface area contributed by atoms with Crippen molar-refractivity contribution in [1.29, 1.82) is 0 Å². The molecule has 1 heterocycles. The maximum atomic E-state index is 14.4. The highest BCUT2D eigenvalue weighted by Crippen LogP contribution is 2.43. The number of ketones is 1. The summed E-state index contributed by atoms with van der Waals surface area (Å²) in [6, 6.07) is 3.50. The van der Waals surface area contributed by atoms with Crippen LogP contribution in [-0.2, 0) is 14.3 Å². The Morgan fingerprint density at radius 2 is 1.92 bits per heavy atom. The molecule has 1 aliphatic carbocycles. The second kappa shape index (κ2) is 6.19. The van der Waals surface area contributed by atoms with Crippen molar-refractivity contribution in [3.05, 3.63) is 57.9 Å². The number of hydrogen-bond donors (Lipinski definition) is 1. The third kappa shape index (κ3) is 2.52. The van der Waals surface area contributed by atoms with Gasteiger partial charge in [-0.1, -0.05) is 6.07 Å². The third-order valence-electron chi connectivity index (χ3n) is 4.47. The Hall–Kier alpha value is -2.50. The number of carbonyl (C=O) groups is 2. The molecule has 4 nitrogen and oxygen atoms in total. The Bertz CT molecular complexity index is 775. The molecule has 0 saturated carbocycles. The van der Waals surface area contributed by atoms with Gasteiger partial charge in [0.25, 0.3) is 0 Å². The zero-order chi connectivity index (χ0) is 17.4. The second-order valence-corrected chi connectivity index (χ2v) is 5.89. The first-order valence-corrected chi connectivity index (χ1v) is 7.72. The first-order valence-electron chi connectivity index (χ1n) is 7.72. The van der Waals surface area contributed by atoms with Gasteiger partial charge in [-0.05, 0) is 31.9 Å². The van der Waals surface area contributed by atoms with Gasteiger partial charge in [-0.25, -0.2) is 13.6 Å². The van der Waals surface area contributed by atoms with E-state index in [1.807, 2.05) is 0 Å². The first kappa shape index (κ1) is 16.4. The summed E-state index contributed by atoms with van der Waals surface area (Å²) in [5, 5.41) is 3.05. The lowest BCUT2D eigenvalue weighted by molar-refractivity contribution is -0.136. The van der Waals surface area contributed by atoms with Crippen molar-refractivity contribution in [2.24, 2.45) is 0 Å². The van der Waals surface area contributed by atoms with Crippen LogP contribution in [0.25, 0.3) is 0 Å². The van der Waals surface area contributed by atoms with Gasteiger partial charge < -0.3 is 10.1 Å². The predicted octanol–water partition coefficient (Wildman–Crippen LogP) is 3.11. The number of rotatable bonds is 2. The van der Waals surface area contributed by atoms with Crippen LogP contribution in [0.5, 0.6) is 0 Å². The normalized spacial score (nSPS) is 20.7. The standard InChI is InChI=1S/C18H17F2NO3/c1-9-14(18(23)24-2)17(15-10(19)5-3-6-11(15)20)16-12(21-9)7-4-8-13(16)22/h3,5-6,17,21H,4,7-8H2,1-2H3. The number of dihydropyridines is 1. The summed E-state index contributed by atoms with van der Waals surface area (Å²) in [7, 11) is 1.20. The Morgan fingerprint density at radius 3 is 2.54 bits per heavy atom. The Morgan fingerprint density at radius 1 is 1.25 bits per heavy atom. The molecule has 1 atom stereocenters. The van der Waals surface area contributed by atoms with Gasteiger partial charge in [0.1, 0.15) is 11.6 Å². The largest absolute Gasteiger partial charge is 0.466 e. The molecule has 0 amide bonds. The summed E-state index contributed by atoms with van der Waals surface area (Å²) >= 11 is 0. The van der Waals surface area contributed by atoms with Crippen LogP contribution >= 0.6 is 0 Å². The molecule has 0 spiro atoms. The second-order valence-electron chi connectivity index (χ2n) is 5.89. The van der Waals surface area contributed by atoms with E-state index in [0.717, 1.165) is 12.1 Å². The summed E-state index contributed by atoms with van der Waals surface area (Å²) in [4.78, 5) is 24.7. The van der Waals surface area contributed by atoms with Gasteiger partial charge in [0.05, 0.1) is 18.6 Å². The van der Waals surface area contributed by atoms with Crippen LogP contribution in [0.1, 0.15) is 37.7 Å². The molecule has 1 unspecified atom stereocenters. The average Bonchev–Trinajstić information content (AvgIpc) is 2.53. The minimum Gasteiger partial charge on any atom is -0.466 e. The molecule has 126 valence electrons. The number of nitrogens with one attached hydrogen (secondary N) is 1. The molecule has 24 heavy (non-hydrogen) atoms. The number of benzene rings is 1. The first-order chi connectivity index (χ1) is 11.5. The molecular weight excluding hydrogens is 316 g/mol. The smallest absolute Gasteiger partial charge is 0.336 e. The fourth-order valence-electron chi connectivity index (χ4n) is 3.44. The van der Waals surface area contributed by atoms with E-state index >= 15 is 0 Å². The lowest BCUT2D eigenvalue weighted by Gasteiger charge is -2.34. The van der Waals surface area contributed by atoms with Crippen LogP contribution < -0.4 is 5.32 Å². The molecule has 1 N–H and O–H groups in total. The van der Waals surface area contributed by atoms with E-state index in [4.69, 9.17) is 4.74 Å². The van der Waals surface area contributed by atoms with Crippen molar-refractivity contribution in [1.82, 2.24) is 5.32 Å². The number of allylic oxidation sites excluding steroid dienone is 3. The predicted molar refractivity (Wildman–Crippen MR) is 82.8 cm³/mol. The maximum Gasteiger partial charge on any atom is 0.336 e. The molecule has 2 aliphatic rings. The van der Waals surface area contributed by atoms with E-state index in [9.17, 15) is 18.4 Å². The molecule has 0 bridgehead atoms. The number of esters is 1. The van der Waals surface area contributed by atoms with Crippen molar-refractivity contribution in [2.45, 2.75) is 32.1 Å². The Kier molecular flexibility index (Phi) is 4.22. The molecule has 0 saturated heterocycles. The molecule has 3 rings (SSSR count). The molecule has 0 aromatic heterocycles. The summed E-state index contributed by atoms with van der Waals surface area (Å²) in [5.74, 6) is -3.59. The van der Waals surface area contributed by atoms with Crippen molar-refractivity contribution in [3.63, 3.8) is 0 Å². The van der Waals surface area contributed by atoms with E-state index in [2.05, 4.69) is 5.32 Å². The summed E-state index contributed by atoms with van der Waals surface area (Å²) < 4.78 is 33.6. The summed E-state index contributed by atoms with van der Waals surface area (Å²) in [5.41, 5.74) is 1.11. The zero-order valence-corrected chi connectivity index (χ0v) is 13.4. The fraction of sp³-hybridized carbons (Fsp3) is 0.333. The van der Waals surface area contributed by atoms with Gasteiger partial charge in [-0.2, -0.15) is 0 Å². The number of carbonyl (C=O) groups excluding carboxylic acids is 2. The maximum absolute atomic E-state index is 14.4. The van der Waals surface area contributed by atoms with Crippen molar-refractivity contribution in [3.8, 4) is 0 Å². The van der Waals surface area contributed by atoms with Crippen molar-refractivity contribution < 1.29 is 23.1 Å². The molecule has 1 aromatic carbocycles. The van der Waals surface area contributed by atoms with E-state index in [-0.39, 0.29) is 22.5 Å². The number of Topliss-reactive ketones (excluding diaryl/α,β-unsaturated/α-hetero) is 1. The molecule has 1 aliphatic heterocycles. The highest BCUT2D eigenvalue weighted by molar-refractivity contribution is 6.03. The van der Waals surface area contributed by atoms with Crippen molar-refractivity contribution in [2.75, 3.05) is 7.11 Å². The number of hydrogen-bond acceptors (Lipinski definition) is 4. The van der Waals surface area contributed by atoms with Crippen molar-refractivity contribution >= 4 is 11.8 Å². The summed E-state index contributed by atoms with van der Waals surface area (Å²) in [6.45, 7) is 1.64. The SMILES string of the molecule is COC(=O)C1=C(C)NC2=C(C(=O)CCC2)C1c1c(F)cccc1F. The zero-order valence-electron chi connectivity index (χ0n) is 13.4. The van der Waals surface area contributed by atoms with E-state index in [0.29, 0.717) is 30.7 Å². The monoisotopic (exact) mass is 333 g/mol. The van der Waals surface area contributed by atoms with Gasteiger partial charge in [0.15, 0.2) is 5.78 Å². The fourth-order valence-corrected chi connectivity index (χ4v) is 3.44. The minimum atomic E-state index is -1.09. The average molecular weight is 333 g/mol. The highest BCUT2D eigenvalue weighted by atomic mass is 19.1. The van der Waals surface area contributed by atoms with Crippen LogP contribution in [0, 0.1) is 11.6 Å². The highest BCUT2D eigenvalue weighted by Gasteiger charge is 2.41. The molecule has 6 heteroatoms. The van der Waals surface area contributed by atoms with Crippen LogP contribution in [0.4, 0.5) is 8.78 Å². The Balaban J connectivity index is 2.28. The van der Waals surface area contributed by atoms with Crippen LogP contribution in [0.3, 0.4) is 0 Å². The van der Waals surface area contributed by atoms with Crippen LogP contribution in [-0.4, -0.2) is 18.9 Å². The number of ether oxygens (including phenoxy) is 1. The number of methoxy groups -OCH3 is 1. The van der Waals surface area contributed by atoms with E-state index in [1.165, 1.54) is 13.2 Å². The summed E-state index contributed by atoms with van der Waals surface area (Å²) in [6.07, 6.45) is 1.55. The van der Waals surface area contributed by atoms with Crippen LogP contribution in [0.2, 0.25) is 0 Å². The Labute approximate surface area is 138 Å². The minimum absolute atomic E-state index is 0.0653. The lowest BCUT2D eigenvalue weighted by atomic mass is 9.75. The molecule has 1 aromatic rings. The van der Waals surface area contributed by atoms with Gasteiger partial charge in [-0.15, -0.1) is 0 Å². The van der Waals surface area contributed by atoms with Gasteiger partial charge in [0, 0.05) is 29.0 Å². The third-order valence-corrected chi connectivity index (χ3v) is 4.47. The van der Waals surface area contributed by atoms with Gasteiger partial charge >= 0.3 is 5.97 Å². The molecular formula is C18H17F2NO3.